The van der Waals surface area contributed by atoms with Crippen LogP contribution >= 0.6 is 0 Å². The first-order chi connectivity index (χ1) is 15.7. The Hall–Kier alpha value is -4.28. The van der Waals surface area contributed by atoms with Gasteiger partial charge < -0.3 is 15.1 Å². The van der Waals surface area contributed by atoms with E-state index < -0.39 is 21.8 Å². The minimum absolute atomic E-state index is 0.126. The minimum atomic E-state index is -3.90. The molecule has 0 radical (unpaired) electrons. The van der Waals surface area contributed by atoms with Crippen LogP contribution in [0.15, 0.2) is 93.0 Å². The highest BCUT2D eigenvalue weighted by atomic mass is 32.2. The SMILES string of the molecule is NS(=O)(=O)c1cccc(NC(=O)c2ccc(NC(=O)c3cc(=O)c4ccccc4o3)cc2)c1. The summed E-state index contributed by atoms with van der Waals surface area (Å²) in [7, 11) is -3.90. The highest BCUT2D eigenvalue weighted by Crippen LogP contribution is 2.17. The van der Waals surface area contributed by atoms with Crippen LogP contribution in [0, 0.1) is 0 Å². The van der Waals surface area contributed by atoms with E-state index in [9.17, 15) is 22.8 Å². The Labute approximate surface area is 187 Å². The highest BCUT2D eigenvalue weighted by Gasteiger charge is 2.14. The molecule has 0 bridgehead atoms. The Morgan fingerprint density at radius 2 is 1.48 bits per heavy atom. The van der Waals surface area contributed by atoms with Gasteiger partial charge in [-0.05, 0) is 54.6 Å². The standard InChI is InChI=1S/C23H17N3O6S/c24-33(30,31)17-5-3-4-16(12-17)26-22(28)14-8-10-15(11-9-14)25-23(29)21-13-19(27)18-6-1-2-7-20(18)32-21/h1-13H,(H,25,29)(H,26,28)(H2,24,30,31). The van der Waals surface area contributed by atoms with E-state index in [1.165, 1.54) is 48.5 Å². The summed E-state index contributed by atoms with van der Waals surface area (Å²) < 4.78 is 28.4. The lowest BCUT2D eigenvalue weighted by Gasteiger charge is -2.08. The van der Waals surface area contributed by atoms with Crippen molar-refractivity contribution >= 4 is 44.2 Å². The number of carbonyl (C=O) groups excluding carboxylic acids is 2. The Morgan fingerprint density at radius 3 is 2.21 bits per heavy atom. The minimum Gasteiger partial charge on any atom is -0.451 e. The molecular weight excluding hydrogens is 446 g/mol. The predicted octanol–water partition coefficient (Wildman–Crippen LogP) is 2.95. The normalized spacial score (nSPS) is 11.2. The number of carbonyl (C=O) groups is 2. The molecule has 4 aromatic rings. The zero-order chi connectivity index (χ0) is 23.6. The lowest BCUT2D eigenvalue weighted by atomic mass is 10.2. The maximum atomic E-state index is 12.5. The molecule has 2 amide bonds. The van der Waals surface area contributed by atoms with Crippen LogP contribution in [0.25, 0.3) is 11.0 Å². The number of benzene rings is 3. The van der Waals surface area contributed by atoms with Crippen LogP contribution in [-0.4, -0.2) is 20.2 Å². The molecule has 0 unspecified atom stereocenters. The van der Waals surface area contributed by atoms with Crippen molar-refractivity contribution in [1.29, 1.82) is 0 Å². The third kappa shape index (κ3) is 4.97. The van der Waals surface area contributed by atoms with Crippen LogP contribution in [0.2, 0.25) is 0 Å². The second-order valence-electron chi connectivity index (χ2n) is 7.03. The van der Waals surface area contributed by atoms with E-state index in [0.29, 0.717) is 16.7 Å². The van der Waals surface area contributed by atoms with Crippen molar-refractivity contribution in [2.75, 3.05) is 10.6 Å². The van der Waals surface area contributed by atoms with Crippen molar-refractivity contribution < 1.29 is 22.4 Å². The van der Waals surface area contributed by atoms with Crippen molar-refractivity contribution in [3.8, 4) is 0 Å². The zero-order valence-electron chi connectivity index (χ0n) is 16.9. The van der Waals surface area contributed by atoms with Crippen LogP contribution in [0.5, 0.6) is 0 Å². The van der Waals surface area contributed by atoms with E-state index in [4.69, 9.17) is 9.56 Å². The van der Waals surface area contributed by atoms with Gasteiger partial charge in [-0.25, -0.2) is 13.6 Å². The molecule has 0 aliphatic carbocycles. The first-order valence-corrected chi connectivity index (χ1v) is 11.1. The Kier molecular flexibility index (Phi) is 5.78. The van der Waals surface area contributed by atoms with E-state index in [-0.39, 0.29) is 27.3 Å². The average Bonchev–Trinajstić information content (AvgIpc) is 2.79. The lowest BCUT2D eigenvalue weighted by molar-refractivity contribution is 0.0995. The van der Waals surface area contributed by atoms with Crippen LogP contribution in [0.1, 0.15) is 20.9 Å². The molecule has 0 aliphatic rings. The lowest BCUT2D eigenvalue weighted by Crippen LogP contribution is -2.16. The second kappa shape index (κ2) is 8.69. The van der Waals surface area contributed by atoms with Crippen molar-refractivity contribution in [2.24, 2.45) is 5.14 Å². The molecule has 9 nitrogen and oxygen atoms in total. The first-order valence-electron chi connectivity index (χ1n) is 9.59. The van der Waals surface area contributed by atoms with Crippen molar-refractivity contribution in [2.45, 2.75) is 4.90 Å². The Balaban J connectivity index is 1.47. The van der Waals surface area contributed by atoms with E-state index in [1.807, 2.05) is 0 Å². The summed E-state index contributed by atoms with van der Waals surface area (Å²) >= 11 is 0. The molecular formula is C23H17N3O6S. The maximum absolute atomic E-state index is 12.5. The van der Waals surface area contributed by atoms with E-state index in [0.717, 1.165) is 6.07 Å². The molecule has 10 heteroatoms. The molecule has 0 aliphatic heterocycles. The number of primary sulfonamides is 1. The number of hydrogen-bond donors (Lipinski definition) is 3. The number of rotatable bonds is 5. The van der Waals surface area contributed by atoms with Crippen LogP contribution < -0.4 is 21.2 Å². The van der Waals surface area contributed by atoms with E-state index in [2.05, 4.69) is 10.6 Å². The van der Waals surface area contributed by atoms with Gasteiger partial charge in [0.05, 0.1) is 10.3 Å². The first kappa shape index (κ1) is 21.9. The van der Waals surface area contributed by atoms with Crippen LogP contribution in [0.4, 0.5) is 11.4 Å². The third-order valence-corrected chi connectivity index (χ3v) is 5.59. The summed E-state index contributed by atoms with van der Waals surface area (Å²) in [5.74, 6) is -1.25. The van der Waals surface area contributed by atoms with Crippen LogP contribution in [0.3, 0.4) is 0 Å². The van der Waals surface area contributed by atoms with Crippen molar-refractivity contribution in [3.63, 3.8) is 0 Å². The van der Waals surface area contributed by atoms with Crippen LogP contribution in [-0.2, 0) is 10.0 Å². The second-order valence-corrected chi connectivity index (χ2v) is 8.59. The third-order valence-electron chi connectivity index (χ3n) is 4.68. The zero-order valence-corrected chi connectivity index (χ0v) is 17.8. The monoisotopic (exact) mass is 463 g/mol. The molecule has 0 saturated heterocycles. The Bertz CT molecular complexity index is 1540. The summed E-state index contributed by atoms with van der Waals surface area (Å²) in [6, 6.07) is 19.2. The van der Waals surface area contributed by atoms with E-state index >= 15 is 0 Å². The fraction of sp³-hybridized carbons (Fsp3) is 0. The predicted molar refractivity (Wildman–Crippen MR) is 123 cm³/mol. The molecule has 0 saturated carbocycles. The van der Waals surface area contributed by atoms with Gasteiger partial charge in [0, 0.05) is 23.0 Å². The van der Waals surface area contributed by atoms with E-state index in [1.54, 1.807) is 24.3 Å². The van der Waals surface area contributed by atoms with Gasteiger partial charge in [0.25, 0.3) is 11.8 Å². The van der Waals surface area contributed by atoms with Gasteiger partial charge in [0.15, 0.2) is 11.2 Å². The fourth-order valence-corrected chi connectivity index (χ4v) is 3.63. The van der Waals surface area contributed by atoms with Crippen molar-refractivity contribution in [3.05, 3.63) is 100 Å². The quantitative estimate of drug-likeness (QED) is 0.414. The molecule has 4 N–H and O–H groups in total. The highest BCUT2D eigenvalue weighted by molar-refractivity contribution is 7.89. The number of anilines is 2. The van der Waals surface area contributed by atoms with Gasteiger partial charge in [-0.1, -0.05) is 18.2 Å². The van der Waals surface area contributed by atoms with Gasteiger partial charge in [-0.2, -0.15) is 0 Å². The Morgan fingerprint density at radius 1 is 0.788 bits per heavy atom. The number of nitrogens with one attached hydrogen (secondary N) is 2. The molecule has 0 atom stereocenters. The molecule has 1 heterocycles. The summed E-state index contributed by atoms with van der Waals surface area (Å²) in [5, 5.41) is 10.7. The average molecular weight is 463 g/mol. The molecule has 33 heavy (non-hydrogen) atoms. The van der Waals surface area contributed by atoms with Crippen molar-refractivity contribution in [1.82, 2.24) is 0 Å². The molecule has 1 aromatic heterocycles. The fourth-order valence-electron chi connectivity index (χ4n) is 3.07. The molecule has 0 spiro atoms. The number of para-hydroxylation sites is 1. The van der Waals surface area contributed by atoms with Gasteiger partial charge in [0.1, 0.15) is 5.58 Å². The largest absolute Gasteiger partial charge is 0.451 e. The molecule has 3 aromatic carbocycles. The van der Waals surface area contributed by atoms with Gasteiger partial charge in [0.2, 0.25) is 10.0 Å². The number of nitrogens with two attached hydrogens (primary N) is 1. The number of amides is 2. The molecule has 166 valence electrons. The number of hydrogen-bond acceptors (Lipinski definition) is 6. The molecule has 4 rings (SSSR count). The topological polar surface area (TPSA) is 149 Å². The summed E-state index contributed by atoms with van der Waals surface area (Å²) in [6.07, 6.45) is 0. The van der Waals surface area contributed by atoms with Gasteiger partial charge in [-0.15, -0.1) is 0 Å². The number of fused-ring (bicyclic) bond motifs is 1. The smallest absolute Gasteiger partial charge is 0.291 e. The van der Waals surface area contributed by atoms with Gasteiger partial charge in [-0.3, -0.25) is 14.4 Å². The number of sulfonamides is 1. The maximum Gasteiger partial charge on any atom is 0.291 e. The molecule has 0 fully saturated rings. The summed E-state index contributed by atoms with van der Waals surface area (Å²) in [6.45, 7) is 0. The summed E-state index contributed by atoms with van der Waals surface area (Å²) in [5.41, 5.74) is 0.874. The summed E-state index contributed by atoms with van der Waals surface area (Å²) in [4.78, 5) is 37.0. The van der Waals surface area contributed by atoms with Gasteiger partial charge >= 0.3 is 0 Å².